The highest BCUT2D eigenvalue weighted by molar-refractivity contribution is 6.33. The molecule has 2 rings (SSSR count). The van der Waals surface area contributed by atoms with Gasteiger partial charge in [-0.15, -0.1) is 0 Å². The van der Waals surface area contributed by atoms with Crippen molar-refractivity contribution in [3.63, 3.8) is 0 Å². The molecule has 0 radical (unpaired) electrons. The van der Waals surface area contributed by atoms with Gasteiger partial charge in [0.05, 0.1) is 16.3 Å². The van der Waals surface area contributed by atoms with Crippen molar-refractivity contribution >= 4 is 29.3 Å². The second kappa shape index (κ2) is 6.78. The molecule has 3 N–H and O–H groups in total. The van der Waals surface area contributed by atoms with E-state index >= 15 is 0 Å². The Bertz CT molecular complexity index is 546. The van der Waals surface area contributed by atoms with Gasteiger partial charge in [0.25, 0.3) is 0 Å². The minimum Gasteiger partial charge on any atom is -0.478 e. The van der Waals surface area contributed by atoms with Gasteiger partial charge in [0, 0.05) is 19.1 Å². The fraction of sp³-hybridized carbons (Fsp3) is 0.429. The molecule has 0 aromatic heterocycles. The van der Waals surface area contributed by atoms with Crippen molar-refractivity contribution in [3.05, 3.63) is 28.8 Å². The molecule has 0 unspecified atom stereocenters. The first-order chi connectivity index (χ1) is 9.97. The third-order valence-electron chi connectivity index (χ3n) is 3.38. The Balaban J connectivity index is 1.83. The number of carbonyl (C=O) groups is 2. The molecule has 0 saturated heterocycles. The van der Waals surface area contributed by atoms with Crippen LogP contribution in [0.4, 0.5) is 10.5 Å². The lowest BCUT2D eigenvalue weighted by atomic mass is 10.2. The molecule has 0 atom stereocenters. The molecule has 2 amide bonds. The molecular weight excluding hydrogens is 294 g/mol. The van der Waals surface area contributed by atoms with Gasteiger partial charge in [0.1, 0.15) is 0 Å². The minimum atomic E-state index is -1.07. The highest BCUT2D eigenvalue weighted by Gasteiger charge is 2.25. The van der Waals surface area contributed by atoms with Crippen molar-refractivity contribution < 1.29 is 14.7 Å². The fourth-order valence-corrected chi connectivity index (χ4v) is 2.13. The van der Waals surface area contributed by atoms with E-state index < -0.39 is 12.0 Å². The summed E-state index contributed by atoms with van der Waals surface area (Å²) in [6.07, 6.45) is 2.45. The summed E-state index contributed by atoms with van der Waals surface area (Å²) in [5.74, 6) is -1.07. The van der Waals surface area contributed by atoms with Crippen LogP contribution in [0.1, 0.15) is 23.2 Å². The molecule has 114 valence electrons. The molecule has 1 saturated carbocycles. The van der Waals surface area contributed by atoms with E-state index in [2.05, 4.69) is 15.5 Å². The zero-order valence-electron chi connectivity index (χ0n) is 11.7. The highest BCUT2D eigenvalue weighted by Crippen LogP contribution is 2.25. The smallest absolute Gasteiger partial charge is 0.335 e. The van der Waals surface area contributed by atoms with Crippen LogP contribution in [0.15, 0.2) is 18.2 Å². The maximum absolute atomic E-state index is 11.8. The van der Waals surface area contributed by atoms with E-state index in [0.717, 1.165) is 6.54 Å². The predicted molar refractivity (Wildman–Crippen MR) is 81.1 cm³/mol. The first-order valence-corrected chi connectivity index (χ1v) is 7.13. The predicted octanol–water partition coefficient (Wildman–Crippen LogP) is 2.25. The van der Waals surface area contributed by atoms with Crippen LogP contribution in [0.3, 0.4) is 0 Å². The third-order valence-corrected chi connectivity index (χ3v) is 3.71. The highest BCUT2D eigenvalue weighted by atomic mass is 35.5. The van der Waals surface area contributed by atoms with E-state index in [1.54, 1.807) is 0 Å². The summed E-state index contributed by atoms with van der Waals surface area (Å²) in [6, 6.07) is 4.42. The molecule has 0 heterocycles. The van der Waals surface area contributed by atoms with Crippen LogP contribution in [0.25, 0.3) is 0 Å². The number of carbonyl (C=O) groups excluding carboxylic acids is 1. The Morgan fingerprint density at radius 2 is 2.14 bits per heavy atom. The fourth-order valence-electron chi connectivity index (χ4n) is 1.96. The topological polar surface area (TPSA) is 81.7 Å². The average molecular weight is 312 g/mol. The molecule has 1 fully saturated rings. The Morgan fingerprint density at radius 1 is 1.43 bits per heavy atom. The number of carboxylic acid groups (broad SMARTS) is 1. The van der Waals surface area contributed by atoms with E-state index in [1.165, 1.54) is 31.0 Å². The summed E-state index contributed by atoms with van der Waals surface area (Å²) >= 11 is 5.94. The number of amides is 2. The van der Waals surface area contributed by atoms with Gasteiger partial charge in [-0.1, -0.05) is 11.6 Å². The van der Waals surface area contributed by atoms with Gasteiger partial charge in [0.15, 0.2) is 0 Å². The van der Waals surface area contributed by atoms with Gasteiger partial charge in [-0.2, -0.15) is 0 Å². The van der Waals surface area contributed by atoms with Crippen LogP contribution in [-0.2, 0) is 0 Å². The number of hydrogen-bond donors (Lipinski definition) is 3. The van der Waals surface area contributed by atoms with E-state index in [9.17, 15) is 9.59 Å². The van der Waals surface area contributed by atoms with Gasteiger partial charge in [-0.25, -0.2) is 9.59 Å². The van der Waals surface area contributed by atoms with E-state index in [-0.39, 0.29) is 11.3 Å². The molecule has 7 heteroatoms. The summed E-state index contributed by atoms with van der Waals surface area (Å²) in [5.41, 5.74) is 0.354. The first kappa shape index (κ1) is 15.6. The molecule has 0 spiro atoms. The van der Waals surface area contributed by atoms with Gasteiger partial charge < -0.3 is 20.6 Å². The zero-order valence-corrected chi connectivity index (χ0v) is 12.5. The third kappa shape index (κ3) is 4.61. The van der Waals surface area contributed by atoms with Crippen LogP contribution in [0.5, 0.6) is 0 Å². The quantitative estimate of drug-likeness (QED) is 0.752. The molecule has 1 aromatic carbocycles. The number of halogens is 1. The maximum Gasteiger partial charge on any atom is 0.335 e. The van der Waals surface area contributed by atoms with Crippen molar-refractivity contribution in [3.8, 4) is 0 Å². The van der Waals surface area contributed by atoms with Crippen molar-refractivity contribution in [2.24, 2.45) is 0 Å². The molecule has 1 aliphatic carbocycles. The Kier molecular flexibility index (Phi) is 5.03. The first-order valence-electron chi connectivity index (χ1n) is 6.75. The zero-order chi connectivity index (χ0) is 15.4. The number of hydrogen-bond acceptors (Lipinski definition) is 3. The number of urea groups is 1. The minimum absolute atomic E-state index is 0.0724. The summed E-state index contributed by atoms with van der Waals surface area (Å²) in [4.78, 5) is 24.9. The number of likely N-dealkylation sites (N-methyl/N-ethyl adjacent to an activating group) is 1. The Morgan fingerprint density at radius 3 is 2.76 bits per heavy atom. The van der Waals surface area contributed by atoms with Crippen LogP contribution < -0.4 is 10.6 Å². The Hall–Kier alpha value is -1.79. The van der Waals surface area contributed by atoms with Crippen LogP contribution >= 0.6 is 11.6 Å². The lowest BCUT2D eigenvalue weighted by Crippen LogP contribution is -2.36. The van der Waals surface area contributed by atoms with Gasteiger partial charge >= 0.3 is 12.0 Å². The normalized spacial score (nSPS) is 14.0. The number of benzene rings is 1. The van der Waals surface area contributed by atoms with Crippen LogP contribution in [-0.4, -0.2) is 48.2 Å². The number of nitrogens with one attached hydrogen (secondary N) is 2. The average Bonchev–Trinajstić information content (AvgIpc) is 3.25. The SMILES string of the molecule is CN(CCNC(=O)Nc1cc(C(=O)O)ccc1Cl)C1CC1. The van der Waals surface area contributed by atoms with Gasteiger partial charge in [0.2, 0.25) is 0 Å². The molecular formula is C14H18ClN3O3. The van der Waals surface area contributed by atoms with Crippen LogP contribution in [0.2, 0.25) is 5.02 Å². The summed E-state index contributed by atoms with van der Waals surface area (Å²) in [5, 5.41) is 14.5. The van der Waals surface area contributed by atoms with Crippen LogP contribution in [0, 0.1) is 0 Å². The van der Waals surface area contributed by atoms with E-state index in [1.807, 2.05) is 7.05 Å². The van der Waals surface area contributed by atoms with Crippen molar-refractivity contribution in [2.45, 2.75) is 18.9 Å². The van der Waals surface area contributed by atoms with Crippen molar-refractivity contribution in [1.29, 1.82) is 0 Å². The summed E-state index contributed by atoms with van der Waals surface area (Å²) < 4.78 is 0. The Labute approximate surface area is 128 Å². The monoisotopic (exact) mass is 311 g/mol. The van der Waals surface area contributed by atoms with Crippen molar-refractivity contribution in [1.82, 2.24) is 10.2 Å². The number of aromatic carboxylic acids is 1. The second-order valence-electron chi connectivity index (χ2n) is 5.09. The lowest BCUT2D eigenvalue weighted by Gasteiger charge is -2.16. The largest absolute Gasteiger partial charge is 0.478 e. The maximum atomic E-state index is 11.8. The second-order valence-corrected chi connectivity index (χ2v) is 5.50. The van der Waals surface area contributed by atoms with E-state index in [4.69, 9.17) is 16.7 Å². The van der Waals surface area contributed by atoms with Gasteiger partial charge in [-0.3, -0.25) is 0 Å². The molecule has 6 nitrogen and oxygen atoms in total. The number of carboxylic acids is 1. The molecule has 1 aliphatic rings. The standard InChI is InChI=1S/C14H18ClN3O3/c1-18(10-3-4-10)7-6-16-14(21)17-12-8-9(13(19)20)2-5-11(12)15/h2,5,8,10H,3-4,6-7H2,1H3,(H,19,20)(H2,16,17,21). The van der Waals surface area contributed by atoms with E-state index in [0.29, 0.717) is 17.6 Å². The van der Waals surface area contributed by atoms with Crippen molar-refractivity contribution in [2.75, 3.05) is 25.5 Å². The number of anilines is 1. The molecule has 21 heavy (non-hydrogen) atoms. The number of rotatable bonds is 6. The molecule has 0 bridgehead atoms. The summed E-state index contributed by atoms with van der Waals surface area (Å²) in [7, 11) is 2.03. The molecule has 1 aromatic rings. The summed E-state index contributed by atoms with van der Waals surface area (Å²) in [6.45, 7) is 1.30. The number of nitrogens with zero attached hydrogens (tertiary/aromatic N) is 1. The van der Waals surface area contributed by atoms with Gasteiger partial charge in [-0.05, 0) is 38.1 Å². The lowest BCUT2D eigenvalue weighted by molar-refractivity contribution is 0.0697. The molecule has 0 aliphatic heterocycles.